The fraction of sp³-hybridized carbons (Fsp3) is 0. The predicted octanol–water partition coefficient (Wildman–Crippen LogP) is 5.09. The van der Waals surface area contributed by atoms with Crippen LogP contribution in [0.15, 0.2) is 66.7 Å². The maximum atomic E-state index is 12.2. The molecule has 1 heterocycles. The van der Waals surface area contributed by atoms with E-state index in [4.69, 9.17) is 0 Å². The molecule has 5 heteroatoms. The van der Waals surface area contributed by atoms with Crippen LogP contribution in [0.4, 0.5) is 15.6 Å². The lowest BCUT2D eigenvalue weighted by molar-refractivity contribution is 0.262. The zero-order chi connectivity index (χ0) is 15.6. The quantitative estimate of drug-likeness (QED) is 0.540. The Morgan fingerprint density at radius 3 is 2.57 bits per heavy atom. The number of fused-ring (bicyclic) bond motifs is 2. The zero-order valence-corrected chi connectivity index (χ0v) is 12.9. The molecule has 4 rings (SSSR count). The van der Waals surface area contributed by atoms with E-state index in [-0.39, 0.29) is 6.03 Å². The molecular formula is C18H13N3OS. The predicted molar refractivity (Wildman–Crippen MR) is 96.2 cm³/mol. The van der Waals surface area contributed by atoms with Gasteiger partial charge in [-0.25, -0.2) is 9.78 Å². The van der Waals surface area contributed by atoms with Gasteiger partial charge in [-0.1, -0.05) is 59.9 Å². The van der Waals surface area contributed by atoms with Crippen molar-refractivity contribution in [2.45, 2.75) is 0 Å². The first-order valence-corrected chi connectivity index (χ1v) is 8.02. The Balaban J connectivity index is 1.57. The SMILES string of the molecule is O=C(Nc1nc2ccccc2s1)Nc1cccc2ccccc12. The number of benzene rings is 3. The van der Waals surface area contributed by atoms with E-state index in [0.29, 0.717) is 5.13 Å². The number of hydrogen-bond acceptors (Lipinski definition) is 3. The van der Waals surface area contributed by atoms with Gasteiger partial charge in [0.2, 0.25) is 0 Å². The molecule has 4 aromatic rings. The Hall–Kier alpha value is -2.92. The molecule has 2 N–H and O–H groups in total. The van der Waals surface area contributed by atoms with E-state index in [2.05, 4.69) is 15.6 Å². The number of para-hydroxylation sites is 1. The second-order valence-electron chi connectivity index (χ2n) is 5.09. The third kappa shape index (κ3) is 2.74. The molecule has 0 aliphatic heterocycles. The number of thiazole rings is 1. The van der Waals surface area contributed by atoms with E-state index < -0.39 is 0 Å². The number of hydrogen-bond donors (Lipinski definition) is 2. The maximum Gasteiger partial charge on any atom is 0.325 e. The molecule has 3 aromatic carbocycles. The van der Waals surface area contributed by atoms with Crippen molar-refractivity contribution in [3.05, 3.63) is 66.7 Å². The summed E-state index contributed by atoms with van der Waals surface area (Å²) in [5.41, 5.74) is 1.67. The van der Waals surface area contributed by atoms with E-state index in [1.807, 2.05) is 66.7 Å². The molecule has 1 aromatic heterocycles. The lowest BCUT2D eigenvalue weighted by atomic mass is 10.1. The molecule has 0 aliphatic rings. The Morgan fingerprint density at radius 2 is 1.65 bits per heavy atom. The largest absolute Gasteiger partial charge is 0.325 e. The van der Waals surface area contributed by atoms with Crippen LogP contribution in [0.1, 0.15) is 0 Å². The van der Waals surface area contributed by atoms with Crippen molar-refractivity contribution in [1.82, 2.24) is 4.98 Å². The Morgan fingerprint density at radius 1 is 0.870 bits per heavy atom. The van der Waals surface area contributed by atoms with Crippen LogP contribution >= 0.6 is 11.3 Å². The number of rotatable bonds is 2. The molecule has 0 saturated heterocycles. The van der Waals surface area contributed by atoms with E-state index in [1.54, 1.807) is 0 Å². The van der Waals surface area contributed by atoms with Crippen molar-refractivity contribution < 1.29 is 4.79 Å². The van der Waals surface area contributed by atoms with Gasteiger partial charge in [0.25, 0.3) is 0 Å². The summed E-state index contributed by atoms with van der Waals surface area (Å²) < 4.78 is 1.05. The van der Waals surface area contributed by atoms with Gasteiger partial charge in [0.15, 0.2) is 5.13 Å². The van der Waals surface area contributed by atoms with Crippen molar-refractivity contribution in [2.75, 3.05) is 10.6 Å². The molecular weight excluding hydrogens is 306 g/mol. The topological polar surface area (TPSA) is 54.0 Å². The van der Waals surface area contributed by atoms with Gasteiger partial charge in [0.1, 0.15) is 0 Å². The maximum absolute atomic E-state index is 12.2. The van der Waals surface area contributed by atoms with Gasteiger partial charge in [-0.15, -0.1) is 0 Å². The number of aromatic nitrogens is 1. The zero-order valence-electron chi connectivity index (χ0n) is 12.1. The van der Waals surface area contributed by atoms with Crippen molar-refractivity contribution in [1.29, 1.82) is 0 Å². The van der Waals surface area contributed by atoms with Crippen molar-refractivity contribution >= 4 is 49.2 Å². The standard InChI is InChI=1S/C18H13N3OS/c22-17(21-18-20-15-9-3-4-11-16(15)23-18)19-14-10-5-7-12-6-1-2-8-13(12)14/h1-11H,(H2,19,20,21,22). The Bertz CT molecular complexity index is 971. The number of amides is 2. The van der Waals surface area contributed by atoms with Crippen LogP contribution in [0, 0.1) is 0 Å². The molecule has 23 heavy (non-hydrogen) atoms. The Kier molecular flexibility index (Phi) is 3.40. The Labute approximate surface area is 136 Å². The van der Waals surface area contributed by atoms with Gasteiger partial charge >= 0.3 is 6.03 Å². The number of nitrogens with zero attached hydrogens (tertiary/aromatic N) is 1. The molecule has 0 saturated carbocycles. The monoisotopic (exact) mass is 319 g/mol. The van der Waals surface area contributed by atoms with Crippen LogP contribution in [0.25, 0.3) is 21.0 Å². The van der Waals surface area contributed by atoms with Crippen LogP contribution in [0.5, 0.6) is 0 Å². The number of carbonyl (C=O) groups excluding carboxylic acids is 1. The normalized spacial score (nSPS) is 10.8. The van der Waals surface area contributed by atoms with Crippen LogP contribution in [-0.4, -0.2) is 11.0 Å². The highest BCUT2D eigenvalue weighted by atomic mass is 32.1. The first-order valence-electron chi connectivity index (χ1n) is 7.21. The highest BCUT2D eigenvalue weighted by Crippen LogP contribution is 2.26. The first-order chi connectivity index (χ1) is 11.3. The average molecular weight is 319 g/mol. The molecule has 2 amide bonds. The van der Waals surface area contributed by atoms with Crippen LogP contribution in [0.3, 0.4) is 0 Å². The molecule has 0 radical (unpaired) electrons. The van der Waals surface area contributed by atoms with Crippen LogP contribution in [0.2, 0.25) is 0 Å². The first kappa shape index (κ1) is 13.7. The lowest BCUT2D eigenvalue weighted by Gasteiger charge is -2.08. The summed E-state index contributed by atoms with van der Waals surface area (Å²) >= 11 is 1.46. The van der Waals surface area contributed by atoms with Gasteiger partial charge in [0.05, 0.1) is 15.9 Å². The van der Waals surface area contributed by atoms with Gasteiger partial charge in [-0.05, 0) is 23.6 Å². The van der Waals surface area contributed by atoms with E-state index in [0.717, 1.165) is 26.7 Å². The smallest absolute Gasteiger partial charge is 0.307 e. The average Bonchev–Trinajstić information content (AvgIpc) is 2.97. The summed E-state index contributed by atoms with van der Waals surface area (Å²) in [5.74, 6) is 0. The molecule has 0 unspecified atom stereocenters. The summed E-state index contributed by atoms with van der Waals surface area (Å²) in [7, 11) is 0. The number of nitrogens with one attached hydrogen (secondary N) is 2. The van der Waals surface area contributed by atoms with Crippen molar-refractivity contribution in [2.24, 2.45) is 0 Å². The second-order valence-corrected chi connectivity index (χ2v) is 6.12. The summed E-state index contributed by atoms with van der Waals surface area (Å²) in [6.45, 7) is 0. The third-order valence-electron chi connectivity index (χ3n) is 3.55. The van der Waals surface area contributed by atoms with Gasteiger partial charge in [-0.2, -0.15) is 0 Å². The molecule has 112 valence electrons. The van der Waals surface area contributed by atoms with Gasteiger partial charge in [0, 0.05) is 5.39 Å². The van der Waals surface area contributed by atoms with Crippen LogP contribution < -0.4 is 10.6 Å². The molecule has 0 spiro atoms. The molecule has 0 atom stereocenters. The number of carbonyl (C=O) groups is 1. The second kappa shape index (κ2) is 5.70. The van der Waals surface area contributed by atoms with Crippen molar-refractivity contribution in [3.63, 3.8) is 0 Å². The minimum Gasteiger partial charge on any atom is -0.307 e. The van der Waals surface area contributed by atoms with E-state index >= 15 is 0 Å². The third-order valence-corrected chi connectivity index (χ3v) is 4.50. The summed E-state index contributed by atoms with van der Waals surface area (Å²) in [4.78, 5) is 16.7. The minimum absolute atomic E-state index is 0.291. The van der Waals surface area contributed by atoms with Crippen LogP contribution in [-0.2, 0) is 0 Å². The van der Waals surface area contributed by atoms with Crippen molar-refractivity contribution in [3.8, 4) is 0 Å². The number of urea groups is 1. The summed E-state index contributed by atoms with van der Waals surface area (Å²) in [6.07, 6.45) is 0. The molecule has 0 fully saturated rings. The van der Waals surface area contributed by atoms with Gasteiger partial charge in [-0.3, -0.25) is 5.32 Å². The lowest BCUT2D eigenvalue weighted by Crippen LogP contribution is -2.19. The fourth-order valence-corrected chi connectivity index (χ4v) is 3.37. The highest BCUT2D eigenvalue weighted by molar-refractivity contribution is 7.22. The van der Waals surface area contributed by atoms with E-state index in [1.165, 1.54) is 11.3 Å². The number of anilines is 2. The fourth-order valence-electron chi connectivity index (χ4n) is 2.51. The van der Waals surface area contributed by atoms with Gasteiger partial charge < -0.3 is 5.32 Å². The van der Waals surface area contributed by atoms with E-state index in [9.17, 15) is 4.79 Å². The molecule has 4 nitrogen and oxygen atoms in total. The molecule has 0 bridgehead atoms. The minimum atomic E-state index is -0.291. The molecule has 0 aliphatic carbocycles. The summed E-state index contributed by atoms with van der Waals surface area (Å²) in [5, 5.41) is 8.38. The summed E-state index contributed by atoms with van der Waals surface area (Å²) in [6, 6.07) is 21.3. The highest BCUT2D eigenvalue weighted by Gasteiger charge is 2.09.